The van der Waals surface area contributed by atoms with E-state index < -0.39 is 0 Å². The third kappa shape index (κ3) is 3.99. The van der Waals surface area contributed by atoms with Crippen LogP contribution in [0.25, 0.3) is 0 Å². The molecule has 2 rings (SSSR count). The van der Waals surface area contributed by atoms with Crippen LogP contribution < -0.4 is 14.8 Å². The van der Waals surface area contributed by atoms with Crippen molar-refractivity contribution in [3.05, 3.63) is 42.1 Å². The second-order valence-corrected chi connectivity index (χ2v) is 4.04. The van der Waals surface area contributed by atoms with Crippen LogP contribution in [0.4, 0.5) is 0 Å². The number of benzene rings is 1. The number of aromatic nitrogens is 1. The minimum absolute atomic E-state index is 0.556. The van der Waals surface area contributed by atoms with Crippen molar-refractivity contribution in [2.24, 2.45) is 0 Å². The van der Waals surface area contributed by atoms with Gasteiger partial charge >= 0.3 is 0 Å². The fraction of sp³-hybridized carbons (Fsp3) is 0.357. The number of para-hydroxylation sites is 2. The van der Waals surface area contributed by atoms with Crippen LogP contribution in [0.5, 0.6) is 11.5 Å². The second-order valence-electron chi connectivity index (χ2n) is 4.04. The summed E-state index contributed by atoms with van der Waals surface area (Å²) in [6, 6.07) is 7.59. The maximum Gasteiger partial charge on any atom is 0.208 e. The van der Waals surface area contributed by atoms with E-state index in [-0.39, 0.29) is 0 Å². The van der Waals surface area contributed by atoms with Gasteiger partial charge in [0.2, 0.25) is 5.89 Å². The van der Waals surface area contributed by atoms with Gasteiger partial charge in [-0.25, -0.2) is 4.98 Å². The predicted octanol–water partition coefficient (Wildman–Crippen LogP) is 2.16. The van der Waals surface area contributed by atoms with Crippen molar-refractivity contribution in [3.8, 4) is 11.5 Å². The van der Waals surface area contributed by atoms with Crippen LogP contribution in [0.15, 0.2) is 34.9 Å². The fourth-order valence-electron chi connectivity index (χ4n) is 1.65. The first kappa shape index (κ1) is 13.4. The fourth-order valence-corrected chi connectivity index (χ4v) is 1.65. The van der Waals surface area contributed by atoms with Gasteiger partial charge in [0.1, 0.15) is 12.4 Å². The number of methoxy groups -OCH3 is 1. The molecular weight excluding hydrogens is 244 g/mol. The van der Waals surface area contributed by atoms with Gasteiger partial charge in [0.25, 0.3) is 0 Å². The number of nitrogens with zero attached hydrogens (tertiary/aromatic N) is 1. The summed E-state index contributed by atoms with van der Waals surface area (Å²) >= 11 is 0. The number of nitrogens with one attached hydrogen (secondary N) is 1. The van der Waals surface area contributed by atoms with E-state index in [9.17, 15) is 0 Å². The van der Waals surface area contributed by atoms with Gasteiger partial charge in [-0.15, -0.1) is 0 Å². The maximum absolute atomic E-state index is 5.63. The van der Waals surface area contributed by atoms with Crippen molar-refractivity contribution in [1.82, 2.24) is 10.3 Å². The zero-order valence-corrected chi connectivity index (χ0v) is 11.2. The van der Waals surface area contributed by atoms with Gasteiger partial charge in [0.15, 0.2) is 11.5 Å². The van der Waals surface area contributed by atoms with Crippen LogP contribution in [0.2, 0.25) is 0 Å². The molecule has 0 saturated heterocycles. The summed E-state index contributed by atoms with van der Waals surface area (Å²) in [7, 11) is 1.63. The molecule has 5 heteroatoms. The normalized spacial score (nSPS) is 10.4. The van der Waals surface area contributed by atoms with Gasteiger partial charge < -0.3 is 19.2 Å². The summed E-state index contributed by atoms with van der Waals surface area (Å²) in [5.74, 6) is 3.00. The van der Waals surface area contributed by atoms with E-state index in [4.69, 9.17) is 13.9 Å². The number of hydrogen-bond donors (Lipinski definition) is 1. The van der Waals surface area contributed by atoms with Gasteiger partial charge in [-0.2, -0.15) is 0 Å². The first-order valence-electron chi connectivity index (χ1n) is 6.17. The molecule has 0 saturated carbocycles. The van der Waals surface area contributed by atoms with E-state index in [1.165, 1.54) is 0 Å². The summed E-state index contributed by atoms with van der Waals surface area (Å²) in [6.45, 7) is 3.74. The molecule has 19 heavy (non-hydrogen) atoms. The molecule has 0 aliphatic rings. The van der Waals surface area contributed by atoms with Crippen molar-refractivity contribution in [2.45, 2.75) is 13.5 Å². The minimum atomic E-state index is 0.556. The molecular formula is C14H18N2O3. The molecule has 0 aliphatic carbocycles. The molecule has 0 unspecified atom stereocenters. The standard InChI is InChI=1S/C14H18N2O3/c1-11-9-16-14(19-11)10-15-7-8-18-13-6-4-3-5-12(13)17-2/h3-6,9,15H,7-8,10H2,1-2H3. The lowest BCUT2D eigenvalue weighted by Crippen LogP contribution is -2.20. The van der Waals surface area contributed by atoms with E-state index in [0.29, 0.717) is 25.6 Å². The molecule has 2 aromatic rings. The van der Waals surface area contributed by atoms with Crippen LogP contribution in [-0.2, 0) is 6.54 Å². The quantitative estimate of drug-likeness (QED) is 0.775. The Morgan fingerprint density at radius 2 is 2.05 bits per heavy atom. The number of ether oxygens (including phenoxy) is 2. The van der Waals surface area contributed by atoms with Crippen LogP contribution in [0.3, 0.4) is 0 Å². The van der Waals surface area contributed by atoms with Crippen LogP contribution in [-0.4, -0.2) is 25.2 Å². The third-order valence-corrected chi connectivity index (χ3v) is 2.55. The van der Waals surface area contributed by atoms with Crippen molar-refractivity contribution < 1.29 is 13.9 Å². The van der Waals surface area contributed by atoms with Crippen molar-refractivity contribution in [2.75, 3.05) is 20.3 Å². The largest absolute Gasteiger partial charge is 0.493 e. The first-order valence-corrected chi connectivity index (χ1v) is 6.17. The minimum Gasteiger partial charge on any atom is -0.493 e. The number of aryl methyl sites for hydroxylation is 1. The zero-order chi connectivity index (χ0) is 13.5. The Bertz CT molecular complexity index is 511. The Hall–Kier alpha value is -2.01. The molecule has 0 amide bonds. The Balaban J connectivity index is 1.69. The van der Waals surface area contributed by atoms with Gasteiger partial charge in [-0.05, 0) is 19.1 Å². The van der Waals surface area contributed by atoms with Crippen LogP contribution in [0.1, 0.15) is 11.7 Å². The number of hydrogen-bond acceptors (Lipinski definition) is 5. The smallest absolute Gasteiger partial charge is 0.208 e. The van der Waals surface area contributed by atoms with Crippen LogP contribution >= 0.6 is 0 Å². The Labute approximate surface area is 112 Å². The van der Waals surface area contributed by atoms with E-state index in [1.54, 1.807) is 13.3 Å². The van der Waals surface area contributed by atoms with E-state index >= 15 is 0 Å². The summed E-state index contributed by atoms with van der Waals surface area (Å²) in [6.07, 6.45) is 1.71. The molecule has 0 spiro atoms. The summed E-state index contributed by atoms with van der Waals surface area (Å²) in [4.78, 5) is 4.11. The summed E-state index contributed by atoms with van der Waals surface area (Å²) < 4.78 is 16.2. The monoisotopic (exact) mass is 262 g/mol. The Morgan fingerprint density at radius 3 is 2.74 bits per heavy atom. The topological polar surface area (TPSA) is 56.5 Å². The molecule has 0 atom stereocenters. The predicted molar refractivity (Wildman–Crippen MR) is 71.4 cm³/mol. The van der Waals surface area contributed by atoms with E-state index in [0.717, 1.165) is 17.3 Å². The average Bonchev–Trinajstić information content (AvgIpc) is 2.84. The van der Waals surface area contributed by atoms with Gasteiger partial charge in [-0.1, -0.05) is 12.1 Å². The maximum atomic E-state index is 5.63. The molecule has 102 valence electrons. The average molecular weight is 262 g/mol. The molecule has 0 aliphatic heterocycles. The molecule has 1 aromatic heterocycles. The molecule has 1 N–H and O–H groups in total. The zero-order valence-electron chi connectivity index (χ0n) is 11.2. The summed E-state index contributed by atoms with van der Waals surface area (Å²) in [5, 5.41) is 3.20. The molecule has 1 aromatic carbocycles. The van der Waals surface area contributed by atoms with Crippen molar-refractivity contribution >= 4 is 0 Å². The molecule has 0 fully saturated rings. The highest BCUT2D eigenvalue weighted by molar-refractivity contribution is 5.39. The second kappa shape index (κ2) is 6.80. The van der Waals surface area contributed by atoms with Gasteiger partial charge in [0.05, 0.1) is 19.9 Å². The van der Waals surface area contributed by atoms with E-state index in [2.05, 4.69) is 10.3 Å². The first-order chi connectivity index (χ1) is 9.29. The Morgan fingerprint density at radius 1 is 1.26 bits per heavy atom. The van der Waals surface area contributed by atoms with Gasteiger partial charge in [-0.3, -0.25) is 0 Å². The molecule has 1 heterocycles. The molecule has 0 radical (unpaired) electrons. The summed E-state index contributed by atoms with van der Waals surface area (Å²) in [5.41, 5.74) is 0. The van der Waals surface area contributed by atoms with Crippen LogP contribution in [0, 0.1) is 6.92 Å². The van der Waals surface area contributed by atoms with Gasteiger partial charge in [0, 0.05) is 6.54 Å². The van der Waals surface area contributed by atoms with Crippen molar-refractivity contribution in [1.29, 1.82) is 0 Å². The SMILES string of the molecule is COc1ccccc1OCCNCc1ncc(C)o1. The molecule has 0 bridgehead atoms. The highest BCUT2D eigenvalue weighted by atomic mass is 16.5. The number of oxazole rings is 1. The highest BCUT2D eigenvalue weighted by Gasteiger charge is 2.02. The Kier molecular flexibility index (Phi) is 4.80. The lowest BCUT2D eigenvalue weighted by Gasteiger charge is -2.10. The number of rotatable bonds is 7. The van der Waals surface area contributed by atoms with E-state index in [1.807, 2.05) is 31.2 Å². The highest BCUT2D eigenvalue weighted by Crippen LogP contribution is 2.25. The molecule has 5 nitrogen and oxygen atoms in total. The third-order valence-electron chi connectivity index (χ3n) is 2.55. The lowest BCUT2D eigenvalue weighted by atomic mass is 10.3. The lowest BCUT2D eigenvalue weighted by molar-refractivity contribution is 0.289. The van der Waals surface area contributed by atoms with Crippen molar-refractivity contribution in [3.63, 3.8) is 0 Å².